The maximum absolute atomic E-state index is 5.71. The van der Waals surface area contributed by atoms with Crippen molar-refractivity contribution in [1.82, 2.24) is 14.8 Å². The fraction of sp³-hybridized carbons (Fsp3) is 0.0769. The fourth-order valence-electron chi connectivity index (χ4n) is 1.86. The molecule has 3 aromatic rings. The Hall–Kier alpha value is -2.14. The fourth-order valence-corrected chi connectivity index (χ4v) is 2.56. The first-order valence-electron chi connectivity index (χ1n) is 5.57. The number of anilines is 1. The lowest BCUT2D eigenvalue weighted by atomic mass is 10.2. The number of nitrogen functional groups attached to an aromatic ring is 1. The number of aromatic nitrogens is 3. The predicted octanol–water partition coefficient (Wildman–Crippen LogP) is 2.89. The Bertz CT molecular complexity index is 653. The molecule has 0 atom stereocenters. The second-order valence-corrected chi connectivity index (χ2v) is 4.92. The van der Waals surface area contributed by atoms with Gasteiger partial charge in [-0.15, -0.1) is 21.5 Å². The molecule has 2 heterocycles. The summed E-state index contributed by atoms with van der Waals surface area (Å²) in [6.07, 6.45) is 0. The van der Waals surface area contributed by atoms with Crippen molar-refractivity contribution in [2.24, 2.45) is 0 Å². The van der Waals surface area contributed by atoms with Crippen molar-refractivity contribution in [3.8, 4) is 16.4 Å². The van der Waals surface area contributed by atoms with Gasteiger partial charge in [-0.1, -0.05) is 6.07 Å². The predicted molar refractivity (Wildman–Crippen MR) is 73.8 cm³/mol. The molecule has 2 aromatic heterocycles. The van der Waals surface area contributed by atoms with Crippen molar-refractivity contribution in [1.29, 1.82) is 0 Å². The summed E-state index contributed by atoms with van der Waals surface area (Å²) in [6.45, 7) is 1.94. The smallest absolute Gasteiger partial charge is 0.178 e. The second kappa shape index (κ2) is 4.27. The molecule has 1 aromatic carbocycles. The summed E-state index contributed by atoms with van der Waals surface area (Å²) in [6, 6.07) is 11.8. The first-order chi connectivity index (χ1) is 8.75. The molecule has 0 unspecified atom stereocenters. The highest BCUT2D eigenvalue weighted by atomic mass is 32.1. The molecule has 4 nitrogen and oxygen atoms in total. The zero-order valence-corrected chi connectivity index (χ0v) is 10.7. The minimum atomic E-state index is 0.752. The van der Waals surface area contributed by atoms with Gasteiger partial charge in [0.05, 0.1) is 4.88 Å². The Balaban J connectivity index is 2.17. The van der Waals surface area contributed by atoms with E-state index in [0.29, 0.717) is 0 Å². The first kappa shape index (κ1) is 11.0. The lowest BCUT2D eigenvalue weighted by Crippen LogP contribution is -1.99. The molecular formula is C13H12N4S. The molecule has 0 aliphatic carbocycles. The Morgan fingerprint density at radius 1 is 1.11 bits per heavy atom. The van der Waals surface area contributed by atoms with Gasteiger partial charge in [-0.05, 0) is 42.6 Å². The molecule has 90 valence electrons. The van der Waals surface area contributed by atoms with E-state index in [9.17, 15) is 0 Å². The topological polar surface area (TPSA) is 56.7 Å². The van der Waals surface area contributed by atoms with Gasteiger partial charge in [0.1, 0.15) is 5.82 Å². The summed E-state index contributed by atoms with van der Waals surface area (Å²) in [5, 5.41) is 10.4. The van der Waals surface area contributed by atoms with Crippen LogP contribution >= 0.6 is 11.3 Å². The lowest BCUT2D eigenvalue weighted by molar-refractivity contribution is 0.973. The summed E-state index contributed by atoms with van der Waals surface area (Å²) in [5.41, 5.74) is 7.49. The van der Waals surface area contributed by atoms with Gasteiger partial charge in [0.25, 0.3) is 0 Å². The highest BCUT2D eigenvalue weighted by Crippen LogP contribution is 2.26. The van der Waals surface area contributed by atoms with Crippen molar-refractivity contribution in [2.45, 2.75) is 6.92 Å². The number of nitrogens with zero attached hydrogens (tertiary/aromatic N) is 3. The SMILES string of the molecule is Cc1nnc(-c2cccs2)n1-c1ccc(N)cc1. The summed E-state index contributed by atoms with van der Waals surface area (Å²) in [7, 11) is 0. The highest BCUT2D eigenvalue weighted by molar-refractivity contribution is 7.13. The standard InChI is InChI=1S/C13H12N4S/c1-9-15-16-13(12-3-2-8-18-12)17(9)11-6-4-10(14)5-7-11/h2-8H,14H2,1H3. The first-order valence-corrected chi connectivity index (χ1v) is 6.45. The molecule has 18 heavy (non-hydrogen) atoms. The quantitative estimate of drug-likeness (QED) is 0.717. The monoisotopic (exact) mass is 256 g/mol. The molecule has 0 bridgehead atoms. The molecular weight excluding hydrogens is 244 g/mol. The molecule has 5 heteroatoms. The van der Waals surface area contributed by atoms with E-state index in [-0.39, 0.29) is 0 Å². The van der Waals surface area contributed by atoms with Gasteiger partial charge in [-0.2, -0.15) is 0 Å². The Labute approximate surface area is 109 Å². The Morgan fingerprint density at radius 2 is 1.89 bits per heavy atom. The zero-order chi connectivity index (χ0) is 12.5. The van der Waals surface area contributed by atoms with Gasteiger partial charge in [-0.25, -0.2) is 0 Å². The van der Waals surface area contributed by atoms with Crippen LogP contribution in [0.1, 0.15) is 5.82 Å². The number of nitrogens with two attached hydrogens (primary N) is 1. The number of benzene rings is 1. The third-order valence-corrected chi connectivity index (χ3v) is 3.58. The van der Waals surface area contributed by atoms with Gasteiger partial charge in [-0.3, -0.25) is 4.57 Å². The maximum atomic E-state index is 5.71. The van der Waals surface area contributed by atoms with Crippen LogP contribution in [0.3, 0.4) is 0 Å². The zero-order valence-electron chi connectivity index (χ0n) is 9.87. The van der Waals surface area contributed by atoms with E-state index < -0.39 is 0 Å². The largest absolute Gasteiger partial charge is 0.399 e. The van der Waals surface area contributed by atoms with Crippen molar-refractivity contribution >= 4 is 17.0 Å². The number of hydrogen-bond donors (Lipinski definition) is 1. The minimum Gasteiger partial charge on any atom is -0.399 e. The van der Waals surface area contributed by atoms with Crippen LogP contribution in [0.5, 0.6) is 0 Å². The molecule has 0 saturated carbocycles. The number of aryl methyl sites for hydroxylation is 1. The molecule has 2 N–H and O–H groups in total. The van der Waals surface area contributed by atoms with Crippen molar-refractivity contribution < 1.29 is 0 Å². The summed E-state index contributed by atoms with van der Waals surface area (Å²) >= 11 is 1.65. The molecule has 0 amide bonds. The van der Waals surface area contributed by atoms with Crippen LogP contribution in [0.25, 0.3) is 16.4 Å². The minimum absolute atomic E-state index is 0.752. The van der Waals surface area contributed by atoms with Crippen LogP contribution in [0.15, 0.2) is 41.8 Å². The number of thiophene rings is 1. The lowest BCUT2D eigenvalue weighted by Gasteiger charge is -2.07. The third kappa shape index (κ3) is 1.78. The van der Waals surface area contributed by atoms with Crippen molar-refractivity contribution in [3.05, 3.63) is 47.6 Å². The highest BCUT2D eigenvalue weighted by Gasteiger charge is 2.13. The summed E-state index contributed by atoms with van der Waals surface area (Å²) in [4.78, 5) is 1.10. The molecule has 0 saturated heterocycles. The second-order valence-electron chi connectivity index (χ2n) is 3.98. The summed E-state index contributed by atoms with van der Waals surface area (Å²) in [5.74, 6) is 1.73. The average Bonchev–Trinajstić information content (AvgIpc) is 2.99. The van der Waals surface area contributed by atoms with Crippen molar-refractivity contribution in [3.63, 3.8) is 0 Å². The van der Waals surface area contributed by atoms with Gasteiger partial charge in [0.2, 0.25) is 0 Å². The van der Waals surface area contributed by atoms with Crippen LogP contribution in [-0.2, 0) is 0 Å². The van der Waals surface area contributed by atoms with E-state index in [2.05, 4.69) is 10.2 Å². The molecule has 0 fully saturated rings. The number of rotatable bonds is 2. The van der Waals surface area contributed by atoms with E-state index in [0.717, 1.165) is 27.9 Å². The van der Waals surface area contributed by atoms with Gasteiger partial charge < -0.3 is 5.73 Å². The van der Waals surface area contributed by atoms with Gasteiger partial charge in [0.15, 0.2) is 5.82 Å². The van der Waals surface area contributed by atoms with Crippen LogP contribution in [-0.4, -0.2) is 14.8 Å². The van der Waals surface area contributed by atoms with Gasteiger partial charge >= 0.3 is 0 Å². The van der Waals surface area contributed by atoms with E-state index in [4.69, 9.17) is 5.73 Å². The molecule has 3 rings (SSSR count). The normalized spacial score (nSPS) is 10.7. The molecule has 0 radical (unpaired) electrons. The van der Waals surface area contributed by atoms with E-state index in [1.54, 1.807) is 11.3 Å². The van der Waals surface area contributed by atoms with Crippen LogP contribution < -0.4 is 5.73 Å². The van der Waals surface area contributed by atoms with Crippen LogP contribution in [0, 0.1) is 6.92 Å². The Kier molecular flexibility index (Phi) is 2.60. The van der Waals surface area contributed by atoms with E-state index >= 15 is 0 Å². The third-order valence-electron chi connectivity index (χ3n) is 2.72. The van der Waals surface area contributed by atoms with Gasteiger partial charge in [0, 0.05) is 11.4 Å². The molecule has 0 spiro atoms. The van der Waals surface area contributed by atoms with Crippen LogP contribution in [0.4, 0.5) is 5.69 Å². The number of hydrogen-bond acceptors (Lipinski definition) is 4. The average molecular weight is 256 g/mol. The van der Waals surface area contributed by atoms with Crippen LogP contribution in [0.2, 0.25) is 0 Å². The molecule has 0 aliphatic rings. The van der Waals surface area contributed by atoms with Crippen molar-refractivity contribution in [2.75, 3.05) is 5.73 Å². The maximum Gasteiger partial charge on any atom is 0.178 e. The summed E-state index contributed by atoms with van der Waals surface area (Å²) < 4.78 is 2.03. The van der Waals surface area contributed by atoms with E-state index in [1.807, 2.05) is 53.3 Å². The molecule has 0 aliphatic heterocycles. The van der Waals surface area contributed by atoms with E-state index in [1.165, 1.54) is 0 Å². The Morgan fingerprint density at radius 3 is 2.56 bits per heavy atom.